The number of nitrogens with zero attached hydrogens (tertiary/aromatic N) is 5. The molecule has 8 nitrogen and oxygen atoms in total. The third-order valence-corrected chi connectivity index (χ3v) is 6.50. The van der Waals surface area contributed by atoms with Gasteiger partial charge < -0.3 is 9.84 Å². The average molecular weight is 445 g/mol. The van der Waals surface area contributed by atoms with Crippen LogP contribution in [0.2, 0.25) is 0 Å². The number of hydrogen-bond donors (Lipinski definition) is 1. The van der Waals surface area contributed by atoms with Gasteiger partial charge in [0.1, 0.15) is 5.01 Å². The van der Waals surface area contributed by atoms with Crippen molar-refractivity contribution in [2.75, 3.05) is 5.32 Å². The molecule has 0 unspecified atom stereocenters. The summed E-state index contributed by atoms with van der Waals surface area (Å²) in [6, 6.07) is 10.1. The first-order valence-electron chi connectivity index (χ1n) is 8.71. The highest BCUT2D eigenvalue weighted by Crippen LogP contribution is 2.29. The number of benzene rings is 1. The van der Waals surface area contributed by atoms with Gasteiger partial charge in [-0.25, -0.2) is 4.98 Å². The molecule has 0 fully saturated rings. The van der Waals surface area contributed by atoms with Crippen molar-refractivity contribution >= 4 is 45.5 Å². The summed E-state index contributed by atoms with van der Waals surface area (Å²) in [6.45, 7) is 1.83. The summed E-state index contributed by atoms with van der Waals surface area (Å²) in [6.07, 6.45) is 0.608. The molecule has 0 saturated heterocycles. The number of amides is 1. The van der Waals surface area contributed by atoms with Crippen LogP contribution in [0.15, 0.2) is 44.6 Å². The van der Waals surface area contributed by atoms with Crippen molar-refractivity contribution in [2.24, 2.45) is 0 Å². The minimum Gasteiger partial charge on any atom is -0.339 e. The second-order valence-electron chi connectivity index (χ2n) is 5.93. The van der Waals surface area contributed by atoms with E-state index in [2.05, 4.69) is 30.6 Å². The Morgan fingerprint density at radius 2 is 2.07 bits per heavy atom. The minimum absolute atomic E-state index is 0.161. The Morgan fingerprint density at radius 3 is 2.86 bits per heavy atom. The Hall–Kier alpha value is -2.63. The predicted octanol–water partition coefficient (Wildman–Crippen LogP) is 4.22. The number of hydrogen-bond acceptors (Lipinski definition) is 10. The highest BCUT2D eigenvalue weighted by atomic mass is 32.2. The van der Waals surface area contributed by atoms with Crippen LogP contribution < -0.4 is 5.32 Å². The molecule has 29 heavy (non-hydrogen) atoms. The van der Waals surface area contributed by atoms with Crippen LogP contribution in [0.25, 0.3) is 11.3 Å². The lowest BCUT2D eigenvalue weighted by molar-refractivity contribution is -0.116. The van der Waals surface area contributed by atoms with Crippen LogP contribution in [0.4, 0.5) is 5.13 Å². The standard InChI is InChI=1S/C18H16N6O2S3/c1-11-22-23-17(29-11)21-15(25)7-8-16-20-14(24-26-16)10-28-18-19-13(9-27-18)12-5-3-2-4-6-12/h2-6,9H,7-8,10H2,1H3,(H,21,23,25). The molecule has 3 aromatic heterocycles. The minimum atomic E-state index is -0.161. The summed E-state index contributed by atoms with van der Waals surface area (Å²) in [5.41, 5.74) is 2.06. The number of nitrogens with one attached hydrogen (secondary N) is 1. The smallest absolute Gasteiger partial charge is 0.227 e. The molecule has 0 aliphatic heterocycles. The Morgan fingerprint density at radius 1 is 1.21 bits per heavy atom. The zero-order valence-electron chi connectivity index (χ0n) is 15.4. The molecule has 1 aromatic carbocycles. The lowest BCUT2D eigenvalue weighted by Crippen LogP contribution is -2.12. The van der Waals surface area contributed by atoms with Gasteiger partial charge in [0.25, 0.3) is 0 Å². The van der Waals surface area contributed by atoms with Gasteiger partial charge >= 0.3 is 0 Å². The summed E-state index contributed by atoms with van der Waals surface area (Å²) < 4.78 is 6.18. The molecular formula is C18H16N6O2S3. The van der Waals surface area contributed by atoms with Crippen LogP contribution in [0.5, 0.6) is 0 Å². The number of thioether (sulfide) groups is 1. The summed E-state index contributed by atoms with van der Waals surface area (Å²) >= 11 is 4.48. The fourth-order valence-electron chi connectivity index (χ4n) is 2.39. The average Bonchev–Trinajstić information content (AvgIpc) is 3.47. The van der Waals surface area contributed by atoms with Crippen molar-refractivity contribution in [3.63, 3.8) is 0 Å². The van der Waals surface area contributed by atoms with Gasteiger partial charge in [-0.3, -0.25) is 4.79 Å². The molecule has 148 valence electrons. The summed E-state index contributed by atoms with van der Waals surface area (Å²) in [5, 5.41) is 17.7. The fourth-order valence-corrected chi connectivity index (χ4v) is 4.68. The van der Waals surface area contributed by atoms with Gasteiger partial charge in [0.05, 0.1) is 11.4 Å². The predicted molar refractivity (Wildman–Crippen MR) is 113 cm³/mol. The molecule has 1 N–H and O–H groups in total. The SMILES string of the molecule is Cc1nnc(NC(=O)CCc2nc(CSc3nc(-c4ccccc4)cs3)no2)s1. The van der Waals surface area contributed by atoms with Gasteiger partial charge in [0.2, 0.25) is 16.9 Å². The van der Waals surface area contributed by atoms with E-state index in [4.69, 9.17) is 4.52 Å². The Labute approximate surface area is 178 Å². The highest BCUT2D eigenvalue weighted by Gasteiger charge is 2.12. The normalized spacial score (nSPS) is 10.9. The van der Waals surface area contributed by atoms with Crippen molar-refractivity contribution < 1.29 is 9.32 Å². The lowest BCUT2D eigenvalue weighted by atomic mass is 10.2. The molecule has 1 amide bonds. The van der Waals surface area contributed by atoms with Crippen molar-refractivity contribution in [3.05, 3.63) is 52.4 Å². The molecule has 11 heteroatoms. The van der Waals surface area contributed by atoms with E-state index in [0.29, 0.717) is 29.0 Å². The Kier molecular flexibility index (Phi) is 6.27. The third kappa shape index (κ3) is 5.46. The molecule has 0 radical (unpaired) electrons. The van der Waals surface area contributed by atoms with Crippen molar-refractivity contribution in [3.8, 4) is 11.3 Å². The van der Waals surface area contributed by atoms with Gasteiger partial charge in [-0.05, 0) is 6.92 Å². The zero-order chi connectivity index (χ0) is 20.1. The number of carbonyl (C=O) groups is 1. The second-order valence-corrected chi connectivity index (χ2v) is 9.19. The zero-order valence-corrected chi connectivity index (χ0v) is 17.8. The molecule has 4 aromatic rings. The number of rotatable bonds is 8. The molecule has 4 rings (SSSR count). The van der Waals surface area contributed by atoms with Crippen LogP contribution in [0, 0.1) is 6.92 Å². The third-order valence-electron chi connectivity index (χ3n) is 3.73. The van der Waals surface area contributed by atoms with E-state index in [1.54, 1.807) is 23.1 Å². The van der Waals surface area contributed by atoms with Crippen molar-refractivity contribution in [2.45, 2.75) is 29.9 Å². The van der Waals surface area contributed by atoms with E-state index < -0.39 is 0 Å². The molecule has 0 spiro atoms. The molecule has 0 saturated carbocycles. The van der Waals surface area contributed by atoms with Crippen LogP contribution in [0.3, 0.4) is 0 Å². The Bertz CT molecular complexity index is 1090. The van der Waals surface area contributed by atoms with Gasteiger partial charge in [-0.2, -0.15) is 4.98 Å². The summed E-state index contributed by atoms with van der Waals surface area (Å²) in [4.78, 5) is 20.9. The number of aromatic nitrogens is 5. The first-order valence-corrected chi connectivity index (χ1v) is 11.4. The van der Waals surface area contributed by atoms with Crippen LogP contribution >= 0.6 is 34.4 Å². The maximum absolute atomic E-state index is 12.0. The topological polar surface area (TPSA) is 107 Å². The quantitative estimate of drug-likeness (QED) is 0.403. The summed E-state index contributed by atoms with van der Waals surface area (Å²) in [7, 11) is 0. The first kappa shape index (κ1) is 19.7. The van der Waals surface area contributed by atoms with E-state index in [9.17, 15) is 4.79 Å². The molecule has 0 aliphatic rings. The highest BCUT2D eigenvalue weighted by molar-refractivity contribution is 8.00. The van der Waals surface area contributed by atoms with E-state index in [0.717, 1.165) is 20.6 Å². The van der Waals surface area contributed by atoms with Crippen LogP contribution in [-0.2, 0) is 17.0 Å². The van der Waals surface area contributed by atoms with Crippen molar-refractivity contribution in [1.29, 1.82) is 0 Å². The largest absolute Gasteiger partial charge is 0.339 e. The lowest BCUT2D eigenvalue weighted by Gasteiger charge is -1.97. The number of aryl methyl sites for hydroxylation is 2. The number of carbonyl (C=O) groups excluding carboxylic acids is 1. The van der Waals surface area contributed by atoms with E-state index in [1.165, 1.54) is 11.3 Å². The second kappa shape index (κ2) is 9.25. The van der Waals surface area contributed by atoms with Gasteiger partial charge in [0.15, 0.2) is 10.2 Å². The van der Waals surface area contributed by atoms with Gasteiger partial charge in [0, 0.05) is 23.8 Å². The van der Waals surface area contributed by atoms with E-state index >= 15 is 0 Å². The van der Waals surface area contributed by atoms with Crippen LogP contribution in [-0.4, -0.2) is 31.2 Å². The maximum Gasteiger partial charge on any atom is 0.227 e. The van der Waals surface area contributed by atoms with Gasteiger partial charge in [-0.1, -0.05) is 58.6 Å². The fraction of sp³-hybridized carbons (Fsp3) is 0.222. The Balaban J connectivity index is 1.25. The number of thiazole rings is 1. The van der Waals surface area contributed by atoms with Crippen molar-refractivity contribution in [1.82, 2.24) is 25.3 Å². The van der Waals surface area contributed by atoms with E-state index in [1.807, 2.05) is 42.6 Å². The molecule has 0 atom stereocenters. The molecule has 0 bridgehead atoms. The molecule has 0 aliphatic carbocycles. The maximum atomic E-state index is 12.0. The monoisotopic (exact) mass is 444 g/mol. The molecule has 3 heterocycles. The summed E-state index contributed by atoms with van der Waals surface area (Å²) in [5.74, 6) is 1.42. The number of anilines is 1. The first-order chi connectivity index (χ1) is 14.2. The molecular weight excluding hydrogens is 428 g/mol. The van der Waals surface area contributed by atoms with Crippen LogP contribution in [0.1, 0.15) is 23.1 Å². The van der Waals surface area contributed by atoms with Gasteiger partial charge in [-0.15, -0.1) is 21.5 Å². The van der Waals surface area contributed by atoms with E-state index in [-0.39, 0.29) is 12.3 Å².